The van der Waals surface area contributed by atoms with Crippen molar-refractivity contribution in [1.29, 1.82) is 0 Å². The third kappa shape index (κ3) is 4.05. The monoisotopic (exact) mass is 478 g/mol. The Morgan fingerprint density at radius 2 is 1.71 bits per heavy atom. The number of carbonyl (C=O) groups excluding carboxylic acids is 2. The topological polar surface area (TPSA) is 116 Å². The number of ether oxygens (including phenoxy) is 1. The van der Waals surface area contributed by atoms with Gasteiger partial charge in [0.2, 0.25) is 5.91 Å². The normalized spacial score (nSPS) is 27.4. The molecule has 2 fully saturated rings. The van der Waals surface area contributed by atoms with Crippen molar-refractivity contribution in [3.05, 3.63) is 59.7 Å². The van der Waals surface area contributed by atoms with Crippen LogP contribution in [0.5, 0.6) is 0 Å². The number of alkyl carbamates (subject to hydrolysis) is 1. The number of nitrogens with one attached hydrogen (secondary N) is 1. The lowest BCUT2D eigenvalue weighted by atomic mass is 9.83. The van der Waals surface area contributed by atoms with Crippen molar-refractivity contribution in [1.82, 2.24) is 10.2 Å². The van der Waals surface area contributed by atoms with E-state index < -0.39 is 35.7 Å². The number of fused-ring (bicyclic) bond motifs is 3. The predicted molar refractivity (Wildman–Crippen MR) is 128 cm³/mol. The van der Waals surface area contributed by atoms with E-state index in [-0.39, 0.29) is 31.4 Å². The number of carboxylic acid groups (broad SMARTS) is 1. The number of hydrogen-bond acceptors (Lipinski definition) is 5. The summed E-state index contributed by atoms with van der Waals surface area (Å²) < 4.78 is 5.67. The molecule has 8 nitrogen and oxygen atoms in total. The van der Waals surface area contributed by atoms with Crippen LogP contribution in [0.4, 0.5) is 4.79 Å². The number of aliphatic carboxylic acids is 1. The Morgan fingerprint density at radius 3 is 2.34 bits per heavy atom. The van der Waals surface area contributed by atoms with E-state index >= 15 is 0 Å². The van der Waals surface area contributed by atoms with Crippen LogP contribution in [0.25, 0.3) is 11.1 Å². The molecule has 184 valence electrons. The number of nitrogens with zero attached hydrogens (tertiary/aromatic N) is 1. The molecule has 3 unspecified atom stereocenters. The van der Waals surface area contributed by atoms with Gasteiger partial charge in [-0.15, -0.1) is 0 Å². The zero-order valence-corrected chi connectivity index (χ0v) is 19.6. The standard InChI is InChI=1S/C27H30N2O6/c1-27(25(33)29-14-16(30)13-22(29)24(31)32)12-6-11-23(27)28-26(34)35-15-21-19-9-4-2-7-17(19)18-8-3-5-10-20(18)21/h2-5,7-10,16,21-23,30H,6,11-15H2,1H3,(H,28,34)(H,31,32)/t16?,22-,23?,27?/m0/s1. The smallest absolute Gasteiger partial charge is 0.407 e. The first-order valence-corrected chi connectivity index (χ1v) is 12.1. The Kier molecular flexibility index (Phi) is 6.01. The average Bonchev–Trinajstić information content (AvgIpc) is 3.51. The molecule has 3 aliphatic rings. The van der Waals surface area contributed by atoms with Crippen molar-refractivity contribution in [3.8, 4) is 11.1 Å². The summed E-state index contributed by atoms with van der Waals surface area (Å²) in [6.45, 7) is 1.93. The quantitative estimate of drug-likeness (QED) is 0.608. The van der Waals surface area contributed by atoms with Gasteiger partial charge >= 0.3 is 12.1 Å². The second kappa shape index (κ2) is 9.00. The molecule has 0 bridgehead atoms. The molecule has 0 radical (unpaired) electrons. The van der Waals surface area contributed by atoms with Gasteiger partial charge in [-0.05, 0) is 42.0 Å². The lowest BCUT2D eigenvalue weighted by Gasteiger charge is -2.35. The first kappa shape index (κ1) is 23.4. The lowest BCUT2D eigenvalue weighted by Crippen LogP contribution is -2.54. The van der Waals surface area contributed by atoms with Gasteiger partial charge in [0, 0.05) is 24.9 Å². The van der Waals surface area contributed by atoms with Crippen molar-refractivity contribution >= 4 is 18.0 Å². The molecule has 4 atom stereocenters. The van der Waals surface area contributed by atoms with E-state index in [0.29, 0.717) is 12.8 Å². The summed E-state index contributed by atoms with van der Waals surface area (Å²) in [4.78, 5) is 39.2. The number of aliphatic hydroxyl groups excluding tert-OH is 1. The largest absolute Gasteiger partial charge is 0.480 e. The second-order valence-electron chi connectivity index (χ2n) is 10.0. The van der Waals surface area contributed by atoms with E-state index in [4.69, 9.17) is 4.74 Å². The van der Waals surface area contributed by atoms with Gasteiger partial charge in [0.25, 0.3) is 0 Å². The number of β-amino-alcohol motifs (C(OH)–C–C–N with tert-alkyl or cyclic N) is 1. The van der Waals surface area contributed by atoms with E-state index in [1.165, 1.54) is 4.90 Å². The van der Waals surface area contributed by atoms with Crippen molar-refractivity contribution in [3.63, 3.8) is 0 Å². The van der Waals surface area contributed by atoms with E-state index in [9.17, 15) is 24.6 Å². The zero-order valence-electron chi connectivity index (χ0n) is 19.6. The van der Waals surface area contributed by atoms with Gasteiger partial charge in [0.15, 0.2) is 0 Å². The number of likely N-dealkylation sites (tertiary alicyclic amines) is 1. The molecule has 1 aliphatic heterocycles. The predicted octanol–water partition coefficient (Wildman–Crippen LogP) is 3.13. The maximum Gasteiger partial charge on any atom is 0.407 e. The van der Waals surface area contributed by atoms with Gasteiger partial charge in [0.05, 0.1) is 11.5 Å². The minimum atomic E-state index is -1.13. The van der Waals surface area contributed by atoms with Crippen LogP contribution in [0.2, 0.25) is 0 Å². The third-order valence-electron chi connectivity index (χ3n) is 7.91. The summed E-state index contributed by atoms with van der Waals surface area (Å²) in [5, 5.41) is 22.4. The molecule has 35 heavy (non-hydrogen) atoms. The Bertz CT molecular complexity index is 1120. The van der Waals surface area contributed by atoms with Crippen LogP contribution in [0, 0.1) is 5.41 Å². The highest BCUT2D eigenvalue weighted by atomic mass is 16.5. The number of amides is 2. The average molecular weight is 479 g/mol. The van der Waals surface area contributed by atoms with E-state index in [0.717, 1.165) is 28.7 Å². The number of benzene rings is 2. The fraction of sp³-hybridized carbons (Fsp3) is 0.444. The first-order chi connectivity index (χ1) is 16.8. The van der Waals surface area contributed by atoms with Gasteiger partial charge in [-0.3, -0.25) is 4.79 Å². The summed E-state index contributed by atoms with van der Waals surface area (Å²) in [6, 6.07) is 14.7. The molecule has 1 saturated carbocycles. The van der Waals surface area contributed by atoms with Gasteiger partial charge in [-0.1, -0.05) is 55.0 Å². The summed E-state index contributed by atoms with van der Waals surface area (Å²) in [6.07, 6.45) is 0.416. The molecule has 8 heteroatoms. The molecular formula is C27H30N2O6. The van der Waals surface area contributed by atoms with Crippen LogP contribution in [0.1, 0.15) is 49.7 Å². The van der Waals surface area contributed by atoms with E-state index in [1.54, 1.807) is 6.92 Å². The minimum Gasteiger partial charge on any atom is -0.480 e. The Morgan fingerprint density at radius 1 is 1.09 bits per heavy atom. The van der Waals surface area contributed by atoms with Crippen LogP contribution in [0.3, 0.4) is 0 Å². The van der Waals surface area contributed by atoms with Gasteiger partial charge in [-0.2, -0.15) is 0 Å². The molecule has 0 spiro atoms. The van der Waals surface area contributed by atoms with Gasteiger partial charge < -0.3 is 25.2 Å². The van der Waals surface area contributed by atoms with Gasteiger partial charge in [0.1, 0.15) is 12.6 Å². The molecule has 5 rings (SSSR count). The number of carboxylic acids is 1. The highest BCUT2D eigenvalue weighted by Gasteiger charge is 2.51. The Hall–Kier alpha value is -3.39. The molecule has 2 aromatic rings. The van der Waals surface area contributed by atoms with Crippen LogP contribution in [0.15, 0.2) is 48.5 Å². The molecule has 3 N–H and O–H groups in total. The fourth-order valence-electron chi connectivity index (χ4n) is 6.04. The zero-order chi connectivity index (χ0) is 24.7. The van der Waals surface area contributed by atoms with Crippen LogP contribution in [-0.2, 0) is 14.3 Å². The SMILES string of the molecule is CC1(C(=O)N2CC(O)C[C@H]2C(=O)O)CCCC1NC(=O)OCC1c2ccccc2-c2ccccc21. The summed E-state index contributed by atoms with van der Waals surface area (Å²) >= 11 is 0. The van der Waals surface area contributed by atoms with Crippen LogP contribution in [-0.4, -0.2) is 64.4 Å². The Balaban J connectivity index is 1.26. The summed E-state index contributed by atoms with van der Waals surface area (Å²) in [7, 11) is 0. The van der Waals surface area contributed by atoms with E-state index in [1.807, 2.05) is 24.3 Å². The number of carbonyl (C=O) groups is 3. The third-order valence-corrected chi connectivity index (χ3v) is 7.91. The molecule has 2 amide bonds. The first-order valence-electron chi connectivity index (χ1n) is 12.1. The lowest BCUT2D eigenvalue weighted by molar-refractivity contribution is -0.153. The fourth-order valence-corrected chi connectivity index (χ4v) is 6.04. The highest BCUT2D eigenvalue weighted by Crippen LogP contribution is 2.45. The summed E-state index contributed by atoms with van der Waals surface area (Å²) in [5.41, 5.74) is 3.58. The van der Waals surface area contributed by atoms with Crippen molar-refractivity contribution in [2.75, 3.05) is 13.2 Å². The number of hydrogen-bond donors (Lipinski definition) is 3. The number of rotatable bonds is 5. The molecule has 1 heterocycles. The molecular weight excluding hydrogens is 448 g/mol. The van der Waals surface area contributed by atoms with E-state index in [2.05, 4.69) is 29.6 Å². The van der Waals surface area contributed by atoms with Crippen LogP contribution < -0.4 is 5.32 Å². The highest BCUT2D eigenvalue weighted by molar-refractivity contribution is 5.89. The maximum atomic E-state index is 13.4. The molecule has 2 aromatic carbocycles. The van der Waals surface area contributed by atoms with Crippen LogP contribution >= 0.6 is 0 Å². The maximum absolute atomic E-state index is 13.4. The van der Waals surface area contributed by atoms with Crippen molar-refractivity contribution in [2.24, 2.45) is 5.41 Å². The summed E-state index contributed by atoms with van der Waals surface area (Å²) in [5.74, 6) is -1.53. The second-order valence-corrected chi connectivity index (χ2v) is 10.0. The number of aliphatic hydroxyl groups is 1. The molecule has 1 saturated heterocycles. The Labute approximate surface area is 203 Å². The van der Waals surface area contributed by atoms with Crippen molar-refractivity contribution < 1.29 is 29.3 Å². The van der Waals surface area contributed by atoms with Crippen molar-refractivity contribution in [2.45, 2.75) is 56.7 Å². The molecule has 2 aliphatic carbocycles. The van der Waals surface area contributed by atoms with Gasteiger partial charge in [-0.25, -0.2) is 9.59 Å². The molecule has 0 aromatic heterocycles. The minimum absolute atomic E-state index is 0.0109.